The zero-order valence-corrected chi connectivity index (χ0v) is 10.5. The van der Waals surface area contributed by atoms with Gasteiger partial charge in [-0.2, -0.15) is 0 Å². The Morgan fingerprint density at radius 2 is 2.06 bits per heavy atom. The number of fused-ring (bicyclic) bond motifs is 1. The lowest BCUT2D eigenvalue weighted by Crippen LogP contribution is -2.28. The Kier molecular flexibility index (Phi) is 3.99. The van der Waals surface area contributed by atoms with Gasteiger partial charge in [0.2, 0.25) is 0 Å². The number of aromatic nitrogens is 1. The number of hydrogen-bond acceptors (Lipinski definition) is 4. The van der Waals surface area contributed by atoms with E-state index >= 15 is 0 Å². The van der Waals surface area contributed by atoms with E-state index in [-0.39, 0.29) is 12.4 Å². The van der Waals surface area contributed by atoms with Gasteiger partial charge in [-0.15, -0.1) is 0 Å². The first-order valence-electron chi connectivity index (χ1n) is 6.19. The van der Waals surface area contributed by atoms with Crippen molar-refractivity contribution in [2.45, 2.75) is 13.3 Å². The summed E-state index contributed by atoms with van der Waals surface area (Å²) < 4.78 is 0. The van der Waals surface area contributed by atoms with Crippen molar-refractivity contribution in [3.8, 4) is 5.75 Å². The molecule has 0 spiro atoms. The van der Waals surface area contributed by atoms with Crippen molar-refractivity contribution in [1.29, 1.82) is 0 Å². The Morgan fingerprint density at radius 1 is 1.22 bits per heavy atom. The molecule has 1 heterocycles. The number of aliphatic hydroxyl groups is 1. The van der Waals surface area contributed by atoms with Crippen LogP contribution in [0.15, 0.2) is 30.5 Å². The van der Waals surface area contributed by atoms with Gasteiger partial charge in [0, 0.05) is 24.7 Å². The van der Waals surface area contributed by atoms with Crippen LogP contribution in [0.4, 0.5) is 5.82 Å². The van der Waals surface area contributed by atoms with Gasteiger partial charge in [0.05, 0.1) is 6.61 Å². The normalized spacial score (nSPS) is 10.8. The van der Waals surface area contributed by atoms with Crippen LogP contribution in [0.25, 0.3) is 10.8 Å². The fourth-order valence-corrected chi connectivity index (χ4v) is 2.11. The summed E-state index contributed by atoms with van der Waals surface area (Å²) in [5.41, 5.74) is 0. The van der Waals surface area contributed by atoms with Crippen molar-refractivity contribution in [2.75, 3.05) is 24.6 Å². The molecule has 0 amide bonds. The van der Waals surface area contributed by atoms with Gasteiger partial charge < -0.3 is 15.1 Å². The molecule has 0 fully saturated rings. The van der Waals surface area contributed by atoms with E-state index in [1.54, 1.807) is 18.3 Å². The molecule has 0 saturated carbocycles. The van der Waals surface area contributed by atoms with Gasteiger partial charge in [-0.05, 0) is 30.0 Å². The number of rotatable bonds is 5. The van der Waals surface area contributed by atoms with Crippen LogP contribution < -0.4 is 4.90 Å². The standard InChI is InChI=1S/C14H18N2O2/c1-2-7-16(8-9-17)14-13-10-12(18)4-3-11(13)5-6-15-14/h3-6,10,17-18H,2,7-9H2,1H3. The lowest BCUT2D eigenvalue weighted by atomic mass is 10.1. The third-order valence-electron chi connectivity index (χ3n) is 2.89. The number of phenols is 1. The Hall–Kier alpha value is -1.81. The number of pyridine rings is 1. The second kappa shape index (κ2) is 5.69. The molecule has 0 aliphatic rings. The number of aliphatic hydroxyl groups excluding tert-OH is 1. The van der Waals surface area contributed by atoms with Crippen LogP contribution in [0.3, 0.4) is 0 Å². The molecular weight excluding hydrogens is 228 g/mol. The van der Waals surface area contributed by atoms with E-state index in [1.165, 1.54) is 0 Å². The van der Waals surface area contributed by atoms with Crippen molar-refractivity contribution >= 4 is 16.6 Å². The van der Waals surface area contributed by atoms with Gasteiger partial charge in [0.1, 0.15) is 11.6 Å². The number of aromatic hydroxyl groups is 1. The van der Waals surface area contributed by atoms with Gasteiger partial charge in [-0.1, -0.05) is 13.0 Å². The lowest BCUT2D eigenvalue weighted by molar-refractivity contribution is 0.301. The zero-order chi connectivity index (χ0) is 13.0. The van der Waals surface area contributed by atoms with Gasteiger partial charge >= 0.3 is 0 Å². The number of nitrogens with zero attached hydrogens (tertiary/aromatic N) is 2. The van der Waals surface area contributed by atoms with Crippen molar-refractivity contribution < 1.29 is 10.2 Å². The van der Waals surface area contributed by atoms with E-state index in [1.807, 2.05) is 17.0 Å². The topological polar surface area (TPSA) is 56.6 Å². The summed E-state index contributed by atoms with van der Waals surface area (Å²) in [5, 5.41) is 20.7. The quantitative estimate of drug-likeness (QED) is 0.848. The van der Waals surface area contributed by atoms with Crippen LogP contribution in [0.5, 0.6) is 5.75 Å². The predicted molar refractivity (Wildman–Crippen MR) is 73.0 cm³/mol. The molecule has 1 aromatic carbocycles. The smallest absolute Gasteiger partial charge is 0.136 e. The molecular formula is C14H18N2O2. The summed E-state index contributed by atoms with van der Waals surface area (Å²) in [7, 11) is 0. The van der Waals surface area contributed by atoms with Crippen molar-refractivity contribution in [1.82, 2.24) is 4.98 Å². The fraction of sp³-hybridized carbons (Fsp3) is 0.357. The first-order valence-corrected chi connectivity index (χ1v) is 6.19. The maximum Gasteiger partial charge on any atom is 0.136 e. The van der Waals surface area contributed by atoms with Crippen LogP contribution >= 0.6 is 0 Å². The molecule has 2 N–H and O–H groups in total. The molecule has 4 nitrogen and oxygen atoms in total. The van der Waals surface area contributed by atoms with E-state index in [2.05, 4.69) is 11.9 Å². The molecule has 0 atom stereocenters. The Labute approximate surface area is 107 Å². The molecule has 2 rings (SSSR count). The van der Waals surface area contributed by atoms with Crippen LogP contribution in [0, 0.1) is 0 Å². The molecule has 4 heteroatoms. The SMILES string of the molecule is CCCN(CCO)c1nccc2ccc(O)cc12. The molecule has 1 aromatic heterocycles. The number of anilines is 1. The average molecular weight is 246 g/mol. The van der Waals surface area contributed by atoms with Crippen LogP contribution in [0.2, 0.25) is 0 Å². The second-order valence-corrected chi connectivity index (χ2v) is 4.25. The molecule has 18 heavy (non-hydrogen) atoms. The molecule has 0 radical (unpaired) electrons. The first kappa shape index (κ1) is 12.6. The summed E-state index contributed by atoms with van der Waals surface area (Å²) in [5.74, 6) is 1.05. The minimum Gasteiger partial charge on any atom is -0.508 e. The third-order valence-corrected chi connectivity index (χ3v) is 2.89. The zero-order valence-electron chi connectivity index (χ0n) is 10.5. The average Bonchev–Trinajstić information content (AvgIpc) is 2.38. The Morgan fingerprint density at radius 3 is 2.78 bits per heavy atom. The van der Waals surface area contributed by atoms with E-state index < -0.39 is 0 Å². The monoisotopic (exact) mass is 246 g/mol. The minimum absolute atomic E-state index is 0.0941. The molecule has 0 aliphatic heterocycles. The maximum atomic E-state index is 9.60. The largest absolute Gasteiger partial charge is 0.508 e. The van der Waals surface area contributed by atoms with Gasteiger partial charge in [0.25, 0.3) is 0 Å². The highest BCUT2D eigenvalue weighted by molar-refractivity contribution is 5.93. The van der Waals surface area contributed by atoms with E-state index in [4.69, 9.17) is 5.11 Å². The highest BCUT2D eigenvalue weighted by atomic mass is 16.3. The lowest BCUT2D eigenvalue weighted by Gasteiger charge is -2.23. The first-order chi connectivity index (χ1) is 8.76. The van der Waals surface area contributed by atoms with Crippen LogP contribution in [0.1, 0.15) is 13.3 Å². The maximum absolute atomic E-state index is 9.60. The highest BCUT2D eigenvalue weighted by Gasteiger charge is 2.10. The van der Waals surface area contributed by atoms with Gasteiger partial charge in [0.15, 0.2) is 0 Å². The minimum atomic E-state index is 0.0941. The summed E-state index contributed by atoms with van der Waals surface area (Å²) in [6.45, 7) is 3.57. The van der Waals surface area contributed by atoms with E-state index in [0.29, 0.717) is 6.54 Å². The molecule has 0 aliphatic carbocycles. The van der Waals surface area contributed by atoms with Gasteiger partial charge in [-0.25, -0.2) is 4.98 Å². The Bertz CT molecular complexity index is 522. The molecule has 2 aromatic rings. The highest BCUT2D eigenvalue weighted by Crippen LogP contribution is 2.27. The van der Waals surface area contributed by atoms with E-state index in [9.17, 15) is 5.11 Å². The predicted octanol–water partition coefficient (Wildman–Crippen LogP) is 2.15. The van der Waals surface area contributed by atoms with Crippen molar-refractivity contribution in [3.05, 3.63) is 30.5 Å². The summed E-state index contributed by atoms with van der Waals surface area (Å²) in [6.07, 6.45) is 2.74. The summed E-state index contributed by atoms with van der Waals surface area (Å²) in [6, 6.07) is 7.18. The molecule has 0 bridgehead atoms. The third kappa shape index (κ3) is 2.54. The Balaban J connectivity index is 2.50. The second-order valence-electron chi connectivity index (χ2n) is 4.25. The number of hydrogen-bond donors (Lipinski definition) is 2. The number of phenolic OH excluding ortho intramolecular Hbond substituents is 1. The van der Waals surface area contributed by atoms with Crippen molar-refractivity contribution in [2.24, 2.45) is 0 Å². The van der Waals surface area contributed by atoms with Crippen molar-refractivity contribution in [3.63, 3.8) is 0 Å². The number of benzene rings is 1. The van der Waals surface area contributed by atoms with Gasteiger partial charge in [-0.3, -0.25) is 0 Å². The molecule has 0 unspecified atom stereocenters. The van der Waals surface area contributed by atoms with Crippen LogP contribution in [-0.2, 0) is 0 Å². The molecule has 0 saturated heterocycles. The summed E-state index contributed by atoms with van der Waals surface area (Å²) >= 11 is 0. The van der Waals surface area contributed by atoms with Crippen LogP contribution in [-0.4, -0.2) is 34.9 Å². The fourth-order valence-electron chi connectivity index (χ4n) is 2.11. The molecule has 96 valence electrons. The van der Waals surface area contributed by atoms with E-state index in [0.717, 1.165) is 29.6 Å². The summed E-state index contributed by atoms with van der Waals surface area (Å²) in [4.78, 5) is 6.43.